The van der Waals surface area contributed by atoms with Crippen LogP contribution >= 0.6 is 0 Å². The van der Waals surface area contributed by atoms with Crippen LogP contribution in [0.15, 0.2) is 54.1 Å². The number of carbonyl (C=O) groups is 2. The maximum atomic E-state index is 14.1. The fraction of sp³-hybridized carbons (Fsp3) is 0.484. The maximum Gasteiger partial charge on any atom is 0.252 e. The number of fused-ring (bicyclic) bond motifs is 1. The monoisotopic (exact) mass is 512 g/mol. The van der Waals surface area contributed by atoms with E-state index in [4.69, 9.17) is 4.74 Å². The van der Waals surface area contributed by atoms with Gasteiger partial charge in [-0.05, 0) is 55.7 Å². The van der Waals surface area contributed by atoms with Crippen molar-refractivity contribution in [1.82, 2.24) is 9.80 Å². The van der Waals surface area contributed by atoms with Gasteiger partial charge in [0.05, 0.1) is 5.41 Å². The van der Waals surface area contributed by atoms with Crippen LogP contribution in [0.1, 0.15) is 48.8 Å². The lowest BCUT2D eigenvalue weighted by Gasteiger charge is -2.69. The third kappa shape index (κ3) is 2.54. The third-order valence-corrected chi connectivity index (χ3v) is 10.6. The molecule has 7 heteroatoms. The number of ether oxygens (including phenoxy) is 1. The summed E-state index contributed by atoms with van der Waals surface area (Å²) in [7, 11) is 1.77. The Balaban J connectivity index is 1.30. The van der Waals surface area contributed by atoms with E-state index >= 15 is 0 Å². The number of phenolic OH excluding ortho intramolecular Hbond substituents is 1. The molecular weight excluding hydrogens is 480 g/mol. The number of hydrogen-bond acceptors (Lipinski definition) is 5. The molecule has 0 radical (unpaired) electrons. The van der Waals surface area contributed by atoms with Gasteiger partial charge in [-0.25, -0.2) is 0 Å². The molecule has 2 amide bonds. The number of piperidine rings is 1. The third-order valence-electron chi connectivity index (χ3n) is 10.6. The van der Waals surface area contributed by atoms with Crippen LogP contribution in [-0.4, -0.2) is 63.2 Å². The van der Waals surface area contributed by atoms with E-state index in [1.807, 2.05) is 36.4 Å². The Kier molecular flexibility index (Phi) is 4.29. The lowest BCUT2D eigenvalue weighted by atomic mass is 9.38. The Morgan fingerprint density at radius 3 is 2.66 bits per heavy atom. The zero-order chi connectivity index (χ0) is 26.0. The van der Waals surface area contributed by atoms with Gasteiger partial charge in [0.15, 0.2) is 11.5 Å². The first-order valence-electron chi connectivity index (χ1n) is 13.9. The van der Waals surface area contributed by atoms with Gasteiger partial charge >= 0.3 is 0 Å². The molecule has 2 aromatic rings. The minimum atomic E-state index is -1.48. The Bertz CT molecular complexity index is 1430. The number of rotatable bonds is 4. The molecule has 38 heavy (non-hydrogen) atoms. The van der Waals surface area contributed by atoms with Crippen LogP contribution in [0, 0.1) is 11.3 Å². The summed E-state index contributed by atoms with van der Waals surface area (Å²) < 4.78 is 6.56. The highest BCUT2D eigenvalue weighted by Crippen LogP contribution is 2.74. The van der Waals surface area contributed by atoms with E-state index in [1.165, 1.54) is 0 Å². The van der Waals surface area contributed by atoms with E-state index in [9.17, 15) is 19.8 Å². The standard InChI is InChI=1S/C31H32N2O5/c1-32(17-18-5-3-2-4-6-18)27(36)21-16-29-11-12-31(21,37)28-30(29)13-14-33(26(35)19-7-8-19)23(29)15-20-9-10-22(34)25(38-28)24(20)30/h2-6,9-10,16,19,23,28,34,37H,7-8,11-15,17H2,1H3/t23-,28-,29-,30+,31-/m1/s1. The number of aromatic hydroxyl groups is 1. The average Bonchev–Trinajstić information content (AvgIpc) is 3.70. The zero-order valence-corrected chi connectivity index (χ0v) is 21.5. The van der Waals surface area contributed by atoms with Crippen molar-refractivity contribution >= 4 is 11.8 Å². The Hall–Kier alpha value is -3.32. The largest absolute Gasteiger partial charge is 0.504 e. The van der Waals surface area contributed by atoms with E-state index in [0.29, 0.717) is 50.1 Å². The first-order valence-corrected chi connectivity index (χ1v) is 13.9. The van der Waals surface area contributed by atoms with E-state index in [1.54, 1.807) is 18.0 Å². The summed E-state index contributed by atoms with van der Waals surface area (Å²) >= 11 is 0. The maximum absolute atomic E-state index is 14.1. The van der Waals surface area contributed by atoms with Crippen molar-refractivity contribution in [3.05, 3.63) is 70.8 Å². The lowest BCUT2D eigenvalue weighted by molar-refractivity contribution is -0.191. The zero-order valence-electron chi connectivity index (χ0n) is 21.5. The second kappa shape index (κ2) is 7.20. The fourth-order valence-corrected chi connectivity index (χ4v) is 8.82. The summed E-state index contributed by atoms with van der Waals surface area (Å²) in [6.45, 7) is 1.04. The van der Waals surface area contributed by atoms with Gasteiger partial charge in [0, 0.05) is 48.6 Å². The van der Waals surface area contributed by atoms with Crippen molar-refractivity contribution in [3.63, 3.8) is 0 Å². The molecule has 5 atom stereocenters. The van der Waals surface area contributed by atoms with E-state index in [-0.39, 0.29) is 29.5 Å². The van der Waals surface area contributed by atoms with Crippen molar-refractivity contribution in [1.29, 1.82) is 0 Å². The molecule has 2 spiro atoms. The molecule has 2 heterocycles. The molecule has 0 unspecified atom stereocenters. The number of likely N-dealkylation sites (tertiary alicyclic amines) is 1. The predicted molar refractivity (Wildman–Crippen MR) is 138 cm³/mol. The van der Waals surface area contributed by atoms with Crippen LogP contribution in [0.3, 0.4) is 0 Å². The Morgan fingerprint density at radius 2 is 1.89 bits per heavy atom. The van der Waals surface area contributed by atoms with E-state index < -0.39 is 22.5 Å². The smallest absolute Gasteiger partial charge is 0.252 e. The van der Waals surface area contributed by atoms with E-state index in [2.05, 4.69) is 11.0 Å². The molecular formula is C31H32N2O5. The number of benzene rings is 2. The van der Waals surface area contributed by atoms with Gasteiger partial charge in [0.25, 0.3) is 5.91 Å². The van der Waals surface area contributed by atoms with Gasteiger partial charge in [-0.2, -0.15) is 0 Å². The summed E-state index contributed by atoms with van der Waals surface area (Å²) in [4.78, 5) is 31.4. The van der Waals surface area contributed by atoms with Gasteiger partial charge in [0.2, 0.25) is 5.91 Å². The molecule has 1 saturated heterocycles. The minimum Gasteiger partial charge on any atom is -0.504 e. The molecule has 196 valence electrons. The summed E-state index contributed by atoms with van der Waals surface area (Å²) in [6, 6.07) is 13.4. The number of amides is 2. The van der Waals surface area contributed by atoms with Gasteiger partial charge in [-0.3, -0.25) is 9.59 Å². The topological polar surface area (TPSA) is 90.3 Å². The number of phenols is 1. The predicted octanol–water partition coefficient (Wildman–Crippen LogP) is 3.07. The van der Waals surface area contributed by atoms with Crippen molar-refractivity contribution in [3.8, 4) is 11.5 Å². The van der Waals surface area contributed by atoms with Crippen LogP contribution in [-0.2, 0) is 28.0 Å². The van der Waals surface area contributed by atoms with E-state index in [0.717, 1.165) is 29.5 Å². The highest BCUT2D eigenvalue weighted by molar-refractivity contribution is 5.97. The highest BCUT2D eigenvalue weighted by atomic mass is 16.5. The molecule has 3 fully saturated rings. The highest BCUT2D eigenvalue weighted by Gasteiger charge is 2.79. The molecule has 2 aromatic carbocycles. The Morgan fingerprint density at radius 1 is 1.11 bits per heavy atom. The number of carbonyl (C=O) groups excluding carboxylic acids is 2. The van der Waals surface area contributed by atoms with Gasteiger partial charge in [-0.1, -0.05) is 42.5 Å². The summed E-state index contributed by atoms with van der Waals surface area (Å²) in [5.41, 5.74) is 0.894. The van der Waals surface area contributed by atoms with Crippen molar-refractivity contribution in [2.24, 2.45) is 11.3 Å². The summed E-state index contributed by atoms with van der Waals surface area (Å²) in [5.74, 6) is 0.662. The molecule has 2 N–H and O–H groups in total. The molecule has 9 rings (SSSR count). The van der Waals surface area contributed by atoms with Crippen LogP contribution < -0.4 is 4.74 Å². The van der Waals surface area contributed by atoms with Gasteiger partial charge in [0.1, 0.15) is 11.7 Å². The van der Waals surface area contributed by atoms with Crippen molar-refractivity contribution in [2.75, 3.05) is 13.6 Å². The quantitative estimate of drug-likeness (QED) is 0.657. The van der Waals surface area contributed by atoms with Gasteiger partial charge in [-0.15, -0.1) is 0 Å². The summed E-state index contributed by atoms with van der Waals surface area (Å²) in [6.07, 6.45) is 5.65. The summed E-state index contributed by atoms with van der Waals surface area (Å²) in [5, 5.41) is 23.3. The molecule has 4 bridgehead atoms. The fourth-order valence-electron chi connectivity index (χ4n) is 8.82. The molecule has 7 aliphatic rings. The molecule has 7 nitrogen and oxygen atoms in total. The number of nitrogens with zero attached hydrogens (tertiary/aromatic N) is 2. The molecule has 0 aromatic heterocycles. The van der Waals surface area contributed by atoms with Crippen LogP contribution in [0.2, 0.25) is 0 Å². The van der Waals surface area contributed by atoms with Crippen molar-refractivity contribution in [2.45, 2.75) is 68.2 Å². The lowest BCUT2D eigenvalue weighted by Crippen LogP contribution is -2.78. The second-order valence-corrected chi connectivity index (χ2v) is 12.4. The van der Waals surface area contributed by atoms with Crippen LogP contribution in [0.4, 0.5) is 0 Å². The number of aliphatic hydroxyl groups is 1. The number of hydrogen-bond donors (Lipinski definition) is 2. The van der Waals surface area contributed by atoms with Gasteiger partial charge < -0.3 is 24.7 Å². The Labute approximate surface area is 221 Å². The normalized spacial score (nSPS) is 35.3. The second-order valence-electron chi connectivity index (χ2n) is 12.4. The first kappa shape index (κ1) is 22.6. The van der Waals surface area contributed by atoms with Crippen LogP contribution in [0.25, 0.3) is 0 Å². The molecule has 2 aliphatic heterocycles. The first-order chi connectivity index (χ1) is 18.3. The molecule has 2 saturated carbocycles. The average molecular weight is 513 g/mol. The molecule has 5 aliphatic carbocycles. The minimum absolute atomic E-state index is 0.0784. The van der Waals surface area contributed by atoms with Crippen molar-refractivity contribution < 1.29 is 24.5 Å². The van der Waals surface area contributed by atoms with Crippen LogP contribution in [0.5, 0.6) is 11.5 Å². The SMILES string of the molecule is CN(Cc1ccccc1)C(=O)C1=C[C@@]23CC[C@]1(O)[C@@H]1Oc4c(O)ccc5c4[C@@]12CCN(C(=O)C1CC1)[C@@H]3C5. The number of likely N-dealkylation sites (N-methyl/N-ethyl adjacent to an activating group) is 1.